The van der Waals surface area contributed by atoms with Gasteiger partial charge in [0.1, 0.15) is 0 Å². The lowest BCUT2D eigenvalue weighted by molar-refractivity contribution is -0.120. The van der Waals surface area contributed by atoms with Gasteiger partial charge >= 0.3 is 5.97 Å². The van der Waals surface area contributed by atoms with Gasteiger partial charge in [0, 0.05) is 6.54 Å². The minimum absolute atomic E-state index is 0.000000000000000222. The first kappa shape index (κ1) is 14.6. The maximum absolute atomic E-state index is 11.9. The Hall–Kier alpha value is -1.84. The summed E-state index contributed by atoms with van der Waals surface area (Å²) in [6.07, 6.45) is 2.69. The summed E-state index contributed by atoms with van der Waals surface area (Å²) in [6, 6.07) is 6.44. The Morgan fingerprint density at radius 2 is 1.85 bits per heavy atom. The highest BCUT2D eigenvalue weighted by molar-refractivity contribution is 5.87. The lowest BCUT2D eigenvalue weighted by Crippen LogP contribution is -2.33. The fraction of sp³-hybridized carbons (Fsp3) is 0.500. The molecule has 1 aromatic carbocycles. The topological polar surface area (TPSA) is 66.4 Å². The molecule has 0 aliphatic heterocycles. The van der Waals surface area contributed by atoms with E-state index in [-0.39, 0.29) is 11.5 Å². The van der Waals surface area contributed by atoms with Gasteiger partial charge in [0.15, 0.2) is 0 Å². The van der Waals surface area contributed by atoms with Gasteiger partial charge in [0.2, 0.25) is 5.91 Å². The van der Waals surface area contributed by atoms with E-state index in [1.807, 2.05) is 0 Å². The zero-order valence-electron chi connectivity index (χ0n) is 12.0. The molecule has 0 unspecified atom stereocenters. The molecule has 1 amide bonds. The first-order valence-electron chi connectivity index (χ1n) is 7.02. The SMILES string of the molecule is CC(C)C1(CNC(=O)Cc2ccc(C(=O)O)cc2)CC1. The number of amides is 1. The van der Waals surface area contributed by atoms with E-state index in [1.54, 1.807) is 12.1 Å². The van der Waals surface area contributed by atoms with Crippen molar-refractivity contribution < 1.29 is 14.7 Å². The highest BCUT2D eigenvalue weighted by Gasteiger charge is 2.45. The van der Waals surface area contributed by atoms with Gasteiger partial charge in [-0.25, -0.2) is 4.79 Å². The maximum atomic E-state index is 11.9. The number of nitrogens with one attached hydrogen (secondary N) is 1. The van der Waals surface area contributed by atoms with E-state index >= 15 is 0 Å². The molecule has 0 aromatic heterocycles. The van der Waals surface area contributed by atoms with E-state index in [9.17, 15) is 9.59 Å². The minimum Gasteiger partial charge on any atom is -0.478 e. The predicted molar refractivity (Wildman–Crippen MR) is 76.6 cm³/mol. The molecule has 0 heterocycles. The Labute approximate surface area is 119 Å². The largest absolute Gasteiger partial charge is 0.478 e. The number of carboxylic acid groups (broad SMARTS) is 1. The smallest absolute Gasteiger partial charge is 0.335 e. The summed E-state index contributed by atoms with van der Waals surface area (Å²) < 4.78 is 0. The molecular formula is C16H21NO3. The molecule has 2 rings (SSSR count). The summed E-state index contributed by atoms with van der Waals surface area (Å²) >= 11 is 0. The molecule has 108 valence electrons. The highest BCUT2D eigenvalue weighted by atomic mass is 16.4. The first-order chi connectivity index (χ1) is 9.43. The second kappa shape index (κ2) is 5.65. The van der Waals surface area contributed by atoms with Crippen LogP contribution >= 0.6 is 0 Å². The van der Waals surface area contributed by atoms with Crippen LogP contribution in [0.25, 0.3) is 0 Å². The molecule has 2 N–H and O–H groups in total. The number of rotatable bonds is 6. The fourth-order valence-corrected chi connectivity index (χ4v) is 2.41. The number of aromatic carboxylic acids is 1. The Morgan fingerprint density at radius 1 is 1.25 bits per heavy atom. The van der Waals surface area contributed by atoms with Gasteiger partial charge in [-0.05, 0) is 41.9 Å². The predicted octanol–water partition coefficient (Wildman–Crippen LogP) is 2.48. The first-order valence-corrected chi connectivity index (χ1v) is 7.02. The minimum atomic E-state index is -0.950. The van der Waals surface area contributed by atoms with E-state index in [4.69, 9.17) is 5.11 Å². The molecule has 4 heteroatoms. The number of carbonyl (C=O) groups is 2. The standard InChI is InChI=1S/C16H21NO3/c1-11(2)16(7-8-16)10-17-14(18)9-12-3-5-13(6-4-12)15(19)20/h3-6,11H,7-10H2,1-2H3,(H,17,18)(H,19,20). The van der Waals surface area contributed by atoms with Crippen LogP contribution in [0, 0.1) is 11.3 Å². The van der Waals surface area contributed by atoms with Crippen molar-refractivity contribution in [3.8, 4) is 0 Å². The Bertz CT molecular complexity index is 501. The third kappa shape index (κ3) is 3.38. The van der Waals surface area contributed by atoms with Gasteiger partial charge in [0.25, 0.3) is 0 Å². The van der Waals surface area contributed by atoms with Crippen LogP contribution in [-0.2, 0) is 11.2 Å². The van der Waals surface area contributed by atoms with Gasteiger partial charge in [-0.15, -0.1) is 0 Å². The normalized spacial score (nSPS) is 15.9. The fourth-order valence-electron chi connectivity index (χ4n) is 2.41. The molecule has 1 saturated carbocycles. The van der Waals surface area contributed by atoms with Crippen LogP contribution in [0.1, 0.15) is 42.6 Å². The van der Waals surface area contributed by atoms with Gasteiger partial charge in [-0.1, -0.05) is 26.0 Å². The molecule has 1 aliphatic carbocycles. The van der Waals surface area contributed by atoms with Gasteiger partial charge in [0.05, 0.1) is 12.0 Å². The summed E-state index contributed by atoms with van der Waals surface area (Å²) in [5.41, 5.74) is 1.39. The summed E-state index contributed by atoms with van der Waals surface area (Å²) in [6.45, 7) is 5.14. The van der Waals surface area contributed by atoms with Crippen molar-refractivity contribution in [2.75, 3.05) is 6.54 Å². The molecule has 0 atom stereocenters. The zero-order chi connectivity index (χ0) is 14.8. The van der Waals surface area contributed by atoms with Crippen molar-refractivity contribution in [1.29, 1.82) is 0 Å². The Balaban J connectivity index is 1.84. The van der Waals surface area contributed by atoms with Gasteiger partial charge in [-0.3, -0.25) is 4.79 Å². The molecule has 1 aromatic rings. The molecule has 0 spiro atoms. The van der Waals surface area contributed by atoms with Crippen molar-refractivity contribution >= 4 is 11.9 Å². The molecule has 0 bridgehead atoms. The third-order valence-electron chi connectivity index (χ3n) is 4.32. The zero-order valence-corrected chi connectivity index (χ0v) is 12.0. The number of hydrogen-bond donors (Lipinski definition) is 2. The van der Waals surface area contributed by atoms with E-state index in [0.29, 0.717) is 17.8 Å². The van der Waals surface area contributed by atoms with Gasteiger partial charge < -0.3 is 10.4 Å². The quantitative estimate of drug-likeness (QED) is 0.838. The number of hydrogen-bond acceptors (Lipinski definition) is 2. The lowest BCUT2D eigenvalue weighted by Gasteiger charge is -2.20. The van der Waals surface area contributed by atoms with Crippen LogP contribution in [0.15, 0.2) is 24.3 Å². The van der Waals surface area contributed by atoms with Crippen LogP contribution in [-0.4, -0.2) is 23.5 Å². The molecule has 1 aliphatic rings. The maximum Gasteiger partial charge on any atom is 0.335 e. The summed E-state index contributed by atoms with van der Waals surface area (Å²) in [7, 11) is 0. The Morgan fingerprint density at radius 3 is 2.30 bits per heavy atom. The number of benzene rings is 1. The summed E-state index contributed by atoms with van der Waals surface area (Å²) in [5, 5.41) is 11.8. The van der Waals surface area contributed by atoms with E-state index in [0.717, 1.165) is 12.1 Å². The van der Waals surface area contributed by atoms with Crippen molar-refractivity contribution in [2.24, 2.45) is 11.3 Å². The molecule has 20 heavy (non-hydrogen) atoms. The number of carboxylic acids is 1. The van der Waals surface area contributed by atoms with Crippen LogP contribution in [0.5, 0.6) is 0 Å². The van der Waals surface area contributed by atoms with Crippen molar-refractivity contribution in [2.45, 2.75) is 33.1 Å². The van der Waals surface area contributed by atoms with E-state index < -0.39 is 5.97 Å². The monoisotopic (exact) mass is 275 g/mol. The van der Waals surface area contributed by atoms with Crippen LogP contribution in [0.3, 0.4) is 0 Å². The van der Waals surface area contributed by atoms with Crippen molar-refractivity contribution in [1.82, 2.24) is 5.32 Å². The third-order valence-corrected chi connectivity index (χ3v) is 4.32. The summed E-state index contributed by atoms with van der Waals surface area (Å²) in [4.78, 5) is 22.6. The van der Waals surface area contributed by atoms with Crippen LogP contribution in [0.2, 0.25) is 0 Å². The molecule has 1 fully saturated rings. The summed E-state index contributed by atoms with van der Waals surface area (Å²) in [5.74, 6) is -0.355. The molecular weight excluding hydrogens is 254 g/mol. The lowest BCUT2D eigenvalue weighted by atomic mass is 9.92. The second-order valence-electron chi connectivity index (χ2n) is 5.97. The number of carbonyl (C=O) groups excluding carboxylic acids is 1. The molecule has 0 radical (unpaired) electrons. The van der Waals surface area contributed by atoms with E-state index in [2.05, 4.69) is 19.2 Å². The van der Waals surface area contributed by atoms with Crippen LogP contribution in [0.4, 0.5) is 0 Å². The Kier molecular flexibility index (Phi) is 4.12. The van der Waals surface area contributed by atoms with Crippen molar-refractivity contribution in [3.63, 3.8) is 0 Å². The molecule has 0 saturated heterocycles. The van der Waals surface area contributed by atoms with Crippen molar-refractivity contribution in [3.05, 3.63) is 35.4 Å². The van der Waals surface area contributed by atoms with Gasteiger partial charge in [-0.2, -0.15) is 0 Å². The van der Waals surface area contributed by atoms with E-state index in [1.165, 1.54) is 25.0 Å². The highest BCUT2D eigenvalue weighted by Crippen LogP contribution is 2.51. The second-order valence-corrected chi connectivity index (χ2v) is 5.97. The molecule has 4 nitrogen and oxygen atoms in total. The van der Waals surface area contributed by atoms with Crippen LogP contribution < -0.4 is 5.32 Å². The average molecular weight is 275 g/mol. The average Bonchev–Trinajstić information content (AvgIpc) is 3.18.